The number of carbonyl (C=O) groups is 1. The van der Waals surface area contributed by atoms with E-state index in [1.807, 2.05) is 30.0 Å². The number of benzene rings is 1. The van der Waals surface area contributed by atoms with Crippen LogP contribution in [-0.2, 0) is 0 Å². The Morgan fingerprint density at radius 1 is 1.31 bits per heavy atom. The predicted molar refractivity (Wildman–Crippen MR) is 125 cm³/mol. The quantitative estimate of drug-likeness (QED) is 0.562. The molecule has 0 radical (unpaired) electrons. The van der Waals surface area contributed by atoms with Crippen molar-refractivity contribution >= 4 is 40.7 Å². The summed E-state index contributed by atoms with van der Waals surface area (Å²) in [7, 11) is 0. The second-order valence-corrected chi connectivity index (χ2v) is 7.86. The van der Waals surface area contributed by atoms with Crippen LogP contribution in [0.4, 0.5) is 15.8 Å². The van der Waals surface area contributed by atoms with Crippen molar-refractivity contribution < 1.29 is 9.18 Å². The van der Waals surface area contributed by atoms with Crippen molar-refractivity contribution in [3.8, 4) is 6.07 Å². The summed E-state index contributed by atoms with van der Waals surface area (Å²) in [4.78, 5) is 24.4. The number of nitrogens with zero attached hydrogens (tertiary/aromatic N) is 4. The van der Waals surface area contributed by atoms with E-state index in [-0.39, 0.29) is 29.9 Å². The zero-order valence-electron chi connectivity index (χ0n) is 18.1. The van der Waals surface area contributed by atoms with Crippen LogP contribution in [0.15, 0.2) is 36.5 Å². The van der Waals surface area contributed by atoms with Crippen LogP contribution in [0.3, 0.4) is 0 Å². The number of anilines is 2. The average Bonchev–Trinajstić information content (AvgIpc) is 2.79. The molecule has 2 aromatic heterocycles. The second-order valence-electron chi connectivity index (χ2n) is 7.86. The molecule has 1 fully saturated rings. The zero-order chi connectivity index (χ0) is 22.0. The summed E-state index contributed by atoms with van der Waals surface area (Å²) in [5, 5.41) is 13.1. The van der Waals surface area contributed by atoms with Gasteiger partial charge >= 0.3 is 0 Å². The summed E-state index contributed by atoms with van der Waals surface area (Å²) in [6, 6.07) is 10.0. The number of carbonyl (C=O) groups excluding carboxylic acids is 1. The summed E-state index contributed by atoms with van der Waals surface area (Å²) in [5.41, 5.74) is 2.81. The number of aryl methyl sites for hydroxylation is 1. The number of fused-ring (bicyclic) bond motifs is 1. The SMILES string of the molecule is CCC1CCCCN1C(=O)c1cnc2nc(C)ccc2c1Nc1ccc(F)c(C#N)c1.Cl. The predicted octanol–water partition coefficient (Wildman–Crippen LogP) is 5.52. The number of hydrogen-bond donors (Lipinski definition) is 1. The molecule has 8 heteroatoms. The molecule has 3 heterocycles. The van der Waals surface area contributed by atoms with E-state index in [0.717, 1.165) is 37.9 Å². The first-order valence-corrected chi connectivity index (χ1v) is 10.6. The maximum atomic E-state index is 13.8. The minimum atomic E-state index is -0.583. The number of likely N-dealkylation sites (tertiary alicyclic amines) is 1. The average molecular weight is 454 g/mol. The number of rotatable bonds is 4. The first-order chi connectivity index (χ1) is 15.0. The third kappa shape index (κ3) is 4.51. The van der Waals surface area contributed by atoms with Crippen molar-refractivity contribution in [2.45, 2.75) is 45.6 Å². The van der Waals surface area contributed by atoms with E-state index in [4.69, 9.17) is 0 Å². The van der Waals surface area contributed by atoms with Gasteiger partial charge in [-0.25, -0.2) is 14.4 Å². The van der Waals surface area contributed by atoms with Gasteiger partial charge in [0.25, 0.3) is 5.91 Å². The first-order valence-electron chi connectivity index (χ1n) is 10.6. The minimum absolute atomic E-state index is 0. The summed E-state index contributed by atoms with van der Waals surface area (Å²) >= 11 is 0. The van der Waals surface area contributed by atoms with E-state index in [2.05, 4.69) is 22.2 Å². The lowest BCUT2D eigenvalue weighted by Crippen LogP contribution is -2.43. The number of amides is 1. The van der Waals surface area contributed by atoms with Crippen LogP contribution in [0.2, 0.25) is 0 Å². The van der Waals surface area contributed by atoms with Gasteiger partial charge in [-0.2, -0.15) is 5.26 Å². The molecule has 4 rings (SSSR count). The van der Waals surface area contributed by atoms with Gasteiger partial charge in [-0.15, -0.1) is 12.4 Å². The Kier molecular flexibility index (Phi) is 7.26. The van der Waals surface area contributed by atoms with Crippen molar-refractivity contribution in [2.24, 2.45) is 0 Å². The highest BCUT2D eigenvalue weighted by Crippen LogP contribution is 2.32. The molecular weight excluding hydrogens is 429 g/mol. The molecule has 1 amide bonds. The smallest absolute Gasteiger partial charge is 0.257 e. The molecule has 1 aromatic carbocycles. The third-order valence-electron chi connectivity index (χ3n) is 5.81. The molecule has 3 aromatic rings. The Hall–Kier alpha value is -3.24. The molecule has 1 unspecified atom stereocenters. The standard InChI is InChI=1S/C24H24FN5O.ClH/c1-3-18-6-4-5-11-30(18)24(31)20-14-27-23-19(9-7-15(2)28-23)22(20)29-17-8-10-21(25)16(12-17)13-26;/h7-10,12,14,18H,3-6,11H2,1-2H3,(H,27,28,29);1H. The van der Waals surface area contributed by atoms with Gasteiger partial charge in [-0.3, -0.25) is 4.79 Å². The van der Waals surface area contributed by atoms with Crippen LogP contribution in [0.5, 0.6) is 0 Å². The summed E-state index contributed by atoms with van der Waals surface area (Å²) in [5.74, 6) is -0.660. The highest BCUT2D eigenvalue weighted by atomic mass is 35.5. The van der Waals surface area contributed by atoms with Crippen molar-refractivity contribution in [3.05, 3.63) is 59.2 Å². The fourth-order valence-corrected chi connectivity index (χ4v) is 4.15. The Balaban J connectivity index is 0.00000289. The van der Waals surface area contributed by atoms with Crippen LogP contribution >= 0.6 is 12.4 Å². The van der Waals surface area contributed by atoms with Crippen molar-refractivity contribution in [3.63, 3.8) is 0 Å². The number of aromatic nitrogens is 2. The summed E-state index contributed by atoms with van der Waals surface area (Å²) in [6.45, 7) is 4.70. The Morgan fingerprint density at radius 2 is 2.12 bits per heavy atom. The highest BCUT2D eigenvalue weighted by Gasteiger charge is 2.29. The van der Waals surface area contributed by atoms with Gasteiger partial charge in [0.1, 0.15) is 11.9 Å². The monoisotopic (exact) mass is 453 g/mol. The largest absolute Gasteiger partial charge is 0.354 e. The van der Waals surface area contributed by atoms with Crippen molar-refractivity contribution in [2.75, 3.05) is 11.9 Å². The molecule has 166 valence electrons. The number of halogens is 2. The molecule has 1 saturated heterocycles. The molecule has 32 heavy (non-hydrogen) atoms. The Labute approximate surface area is 192 Å². The van der Waals surface area contributed by atoms with E-state index in [1.165, 1.54) is 12.1 Å². The van der Waals surface area contributed by atoms with Gasteiger partial charge in [0.2, 0.25) is 0 Å². The highest BCUT2D eigenvalue weighted by molar-refractivity contribution is 6.07. The number of nitrogens with one attached hydrogen (secondary N) is 1. The lowest BCUT2D eigenvalue weighted by atomic mass is 9.98. The van der Waals surface area contributed by atoms with Gasteiger partial charge < -0.3 is 10.2 Å². The minimum Gasteiger partial charge on any atom is -0.354 e. The molecular formula is C24H25ClFN5O. The van der Waals surface area contributed by atoms with E-state index >= 15 is 0 Å². The summed E-state index contributed by atoms with van der Waals surface area (Å²) in [6.07, 6.45) is 5.57. The van der Waals surface area contributed by atoms with Gasteiger partial charge in [-0.05, 0) is 62.9 Å². The number of hydrogen-bond acceptors (Lipinski definition) is 5. The van der Waals surface area contributed by atoms with E-state index < -0.39 is 5.82 Å². The second kappa shape index (κ2) is 9.92. The van der Waals surface area contributed by atoms with Crippen molar-refractivity contribution in [1.82, 2.24) is 14.9 Å². The number of piperidine rings is 1. The first kappa shape index (κ1) is 23.4. The number of pyridine rings is 2. The van der Waals surface area contributed by atoms with Gasteiger partial charge in [0.05, 0.1) is 16.8 Å². The molecule has 1 atom stereocenters. The maximum absolute atomic E-state index is 13.8. The Morgan fingerprint density at radius 3 is 2.88 bits per heavy atom. The van der Waals surface area contributed by atoms with Gasteiger partial charge in [-0.1, -0.05) is 6.92 Å². The normalized spacial score (nSPS) is 15.7. The van der Waals surface area contributed by atoms with Crippen LogP contribution in [0.25, 0.3) is 11.0 Å². The van der Waals surface area contributed by atoms with Crippen LogP contribution < -0.4 is 5.32 Å². The van der Waals surface area contributed by atoms with E-state index in [1.54, 1.807) is 12.3 Å². The molecule has 1 N–H and O–H groups in total. The van der Waals surface area contributed by atoms with Crippen LogP contribution in [0.1, 0.15) is 54.2 Å². The van der Waals surface area contributed by atoms with E-state index in [0.29, 0.717) is 28.0 Å². The lowest BCUT2D eigenvalue weighted by molar-refractivity contribution is 0.0609. The zero-order valence-corrected chi connectivity index (χ0v) is 18.9. The molecule has 1 aliphatic heterocycles. The topological polar surface area (TPSA) is 81.9 Å². The third-order valence-corrected chi connectivity index (χ3v) is 5.81. The van der Waals surface area contributed by atoms with Gasteiger partial charge in [0, 0.05) is 35.6 Å². The Bertz CT molecular complexity index is 1190. The van der Waals surface area contributed by atoms with Crippen LogP contribution in [0, 0.1) is 24.1 Å². The van der Waals surface area contributed by atoms with E-state index in [9.17, 15) is 14.4 Å². The molecule has 1 aliphatic rings. The van der Waals surface area contributed by atoms with Crippen molar-refractivity contribution in [1.29, 1.82) is 5.26 Å². The van der Waals surface area contributed by atoms with Crippen LogP contribution in [-0.4, -0.2) is 33.4 Å². The fourth-order valence-electron chi connectivity index (χ4n) is 4.15. The molecule has 0 bridgehead atoms. The molecule has 0 spiro atoms. The number of nitriles is 1. The molecule has 0 saturated carbocycles. The maximum Gasteiger partial charge on any atom is 0.257 e. The molecule has 6 nitrogen and oxygen atoms in total. The summed E-state index contributed by atoms with van der Waals surface area (Å²) < 4.78 is 13.8. The fraction of sp³-hybridized carbons (Fsp3) is 0.333. The van der Waals surface area contributed by atoms with Gasteiger partial charge in [0.15, 0.2) is 5.65 Å². The molecule has 0 aliphatic carbocycles. The lowest BCUT2D eigenvalue weighted by Gasteiger charge is -2.35.